The number of aromatic nitrogens is 2. The second-order valence-corrected chi connectivity index (χ2v) is 6.52. The average molecular weight is 276 g/mol. The van der Waals surface area contributed by atoms with E-state index in [0.29, 0.717) is 6.04 Å². The number of likely N-dealkylation sites (tertiary alicyclic amines) is 1. The molecule has 1 aliphatic heterocycles. The Hall–Kier alpha value is -0.870. The maximum absolute atomic E-state index is 4.41. The van der Waals surface area contributed by atoms with Gasteiger partial charge in [-0.15, -0.1) is 0 Å². The van der Waals surface area contributed by atoms with Gasteiger partial charge in [0.15, 0.2) is 0 Å². The van der Waals surface area contributed by atoms with Gasteiger partial charge >= 0.3 is 0 Å². The molecule has 2 unspecified atom stereocenters. The van der Waals surface area contributed by atoms with E-state index in [4.69, 9.17) is 0 Å². The standard InChI is InChI=1S/C16H28N4/c1-3-8-20-12-17-11-15(20)16-13(5-4-9-19(16)2)10-18-14-6-7-14/h11-14,16,18H,3-10H2,1-2H3. The zero-order valence-electron chi connectivity index (χ0n) is 12.9. The zero-order chi connectivity index (χ0) is 13.9. The summed E-state index contributed by atoms with van der Waals surface area (Å²) in [6.45, 7) is 5.70. The Morgan fingerprint density at radius 3 is 2.95 bits per heavy atom. The monoisotopic (exact) mass is 276 g/mol. The maximum atomic E-state index is 4.41. The Balaban J connectivity index is 1.75. The molecule has 2 aliphatic rings. The summed E-state index contributed by atoms with van der Waals surface area (Å²) in [7, 11) is 2.28. The van der Waals surface area contributed by atoms with Crippen LogP contribution in [-0.2, 0) is 6.54 Å². The quantitative estimate of drug-likeness (QED) is 0.866. The minimum Gasteiger partial charge on any atom is -0.333 e. The van der Waals surface area contributed by atoms with Gasteiger partial charge in [0, 0.05) is 25.3 Å². The molecule has 0 radical (unpaired) electrons. The first-order valence-electron chi connectivity index (χ1n) is 8.23. The number of aryl methyl sites for hydroxylation is 1. The second kappa shape index (κ2) is 6.27. The highest BCUT2D eigenvalue weighted by Gasteiger charge is 2.33. The summed E-state index contributed by atoms with van der Waals surface area (Å²) in [5.41, 5.74) is 1.41. The van der Waals surface area contributed by atoms with Crippen molar-refractivity contribution in [2.24, 2.45) is 5.92 Å². The van der Waals surface area contributed by atoms with Crippen molar-refractivity contribution in [1.82, 2.24) is 19.8 Å². The van der Waals surface area contributed by atoms with Crippen LogP contribution in [0.4, 0.5) is 0 Å². The van der Waals surface area contributed by atoms with Gasteiger partial charge in [0.05, 0.1) is 18.1 Å². The predicted octanol–water partition coefficient (Wildman–Crippen LogP) is 2.43. The molecule has 1 aromatic heterocycles. The molecular formula is C16H28N4. The van der Waals surface area contributed by atoms with E-state index >= 15 is 0 Å². The van der Waals surface area contributed by atoms with Gasteiger partial charge < -0.3 is 9.88 Å². The van der Waals surface area contributed by atoms with Gasteiger partial charge in [0.1, 0.15) is 0 Å². The summed E-state index contributed by atoms with van der Waals surface area (Å²) in [6.07, 6.45) is 10.7. The van der Waals surface area contributed by atoms with E-state index in [2.05, 4.69) is 39.9 Å². The van der Waals surface area contributed by atoms with E-state index < -0.39 is 0 Å². The smallest absolute Gasteiger partial charge is 0.0948 e. The van der Waals surface area contributed by atoms with E-state index in [1.165, 1.54) is 44.3 Å². The minimum atomic E-state index is 0.532. The highest BCUT2D eigenvalue weighted by molar-refractivity contribution is 5.09. The van der Waals surface area contributed by atoms with Crippen LogP contribution in [-0.4, -0.2) is 40.6 Å². The van der Waals surface area contributed by atoms with Gasteiger partial charge in [-0.05, 0) is 51.6 Å². The van der Waals surface area contributed by atoms with Crippen LogP contribution in [0.25, 0.3) is 0 Å². The molecule has 1 saturated heterocycles. The van der Waals surface area contributed by atoms with Gasteiger partial charge in [0.2, 0.25) is 0 Å². The second-order valence-electron chi connectivity index (χ2n) is 6.52. The van der Waals surface area contributed by atoms with Gasteiger partial charge in [-0.2, -0.15) is 0 Å². The van der Waals surface area contributed by atoms with Crippen LogP contribution in [0.2, 0.25) is 0 Å². The third-order valence-electron chi connectivity index (χ3n) is 4.77. The zero-order valence-corrected chi connectivity index (χ0v) is 12.9. The summed E-state index contributed by atoms with van der Waals surface area (Å²) in [5.74, 6) is 0.724. The largest absolute Gasteiger partial charge is 0.333 e. The first kappa shape index (κ1) is 14.1. The van der Waals surface area contributed by atoms with Gasteiger partial charge in [-0.25, -0.2) is 4.98 Å². The number of nitrogens with zero attached hydrogens (tertiary/aromatic N) is 3. The minimum absolute atomic E-state index is 0.532. The molecule has 2 heterocycles. The summed E-state index contributed by atoms with van der Waals surface area (Å²) >= 11 is 0. The molecule has 1 aromatic rings. The van der Waals surface area contributed by atoms with Crippen LogP contribution in [0.5, 0.6) is 0 Å². The molecule has 2 fully saturated rings. The van der Waals surface area contributed by atoms with Crippen LogP contribution >= 0.6 is 0 Å². The van der Waals surface area contributed by atoms with Crippen molar-refractivity contribution in [2.75, 3.05) is 20.1 Å². The van der Waals surface area contributed by atoms with Crippen molar-refractivity contribution in [1.29, 1.82) is 0 Å². The Morgan fingerprint density at radius 2 is 2.20 bits per heavy atom. The Bertz CT molecular complexity index is 424. The Morgan fingerprint density at radius 1 is 1.35 bits per heavy atom. The summed E-state index contributed by atoms with van der Waals surface area (Å²) in [6, 6.07) is 1.34. The number of rotatable bonds is 6. The Kier molecular flexibility index (Phi) is 4.41. The number of imidazole rings is 1. The highest BCUT2D eigenvalue weighted by atomic mass is 15.2. The van der Waals surface area contributed by atoms with Gasteiger partial charge in [-0.3, -0.25) is 4.90 Å². The van der Waals surface area contributed by atoms with E-state index in [0.717, 1.165) is 25.0 Å². The van der Waals surface area contributed by atoms with Gasteiger partial charge in [0.25, 0.3) is 0 Å². The molecule has 0 bridgehead atoms. The third-order valence-corrected chi connectivity index (χ3v) is 4.77. The lowest BCUT2D eigenvalue weighted by Crippen LogP contribution is -2.41. The number of piperidine rings is 1. The van der Waals surface area contributed by atoms with Crippen molar-refractivity contribution >= 4 is 0 Å². The fourth-order valence-corrected chi connectivity index (χ4v) is 3.55. The Labute approximate surface area is 122 Å². The molecule has 20 heavy (non-hydrogen) atoms. The van der Waals surface area contributed by atoms with Crippen molar-refractivity contribution < 1.29 is 0 Å². The fourth-order valence-electron chi connectivity index (χ4n) is 3.55. The van der Waals surface area contributed by atoms with Crippen molar-refractivity contribution in [3.8, 4) is 0 Å². The molecule has 2 atom stereocenters. The molecular weight excluding hydrogens is 248 g/mol. The van der Waals surface area contributed by atoms with E-state index in [1.807, 2.05) is 6.33 Å². The summed E-state index contributed by atoms with van der Waals surface area (Å²) < 4.78 is 2.36. The van der Waals surface area contributed by atoms with Crippen LogP contribution in [0, 0.1) is 5.92 Å². The molecule has 112 valence electrons. The first-order valence-corrected chi connectivity index (χ1v) is 8.23. The van der Waals surface area contributed by atoms with E-state index in [1.54, 1.807) is 0 Å². The molecule has 0 aromatic carbocycles. The van der Waals surface area contributed by atoms with Crippen molar-refractivity contribution in [3.63, 3.8) is 0 Å². The topological polar surface area (TPSA) is 33.1 Å². The molecule has 0 amide bonds. The summed E-state index contributed by atoms with van der Waals surface area (Å²) in [5, 5.41) is 3.73. The highest BCUT2D eigenvalue weighted by Crippen LogP contribution is 2.35. The first-order chi connectivity index (χ1) is 9.79. The predicted molar refractivity (Wildman–Crippen MR) is 81.6 cm³/mol. The maximum Gasteiger partial charge on any atom is 0.0948 e. The molecule has 4 nitrogen and oxygen atoms in total. The van der Waals surface area contributed by atoms with Crippen LogP contribution in [0.1, 0.15) is 50.8 Å². The molecule has 1 saturated carbocycles. The number of hydrogen-bond donors (Lipinski definition) is 1. The molecule has 0 spiro atoms. The SMILES string of the molecule is CCCn1cncc1C1C(CNC2CC2)CCCN1C. The van der Waals surface area contributed by atoms with Crippen LogP contribution in [0.3, 0.4) is 0 Å². The van der Waals surface area contributed by atoms with Gasteiger partial charge in [-0.1, -0.05) is 6.92 Å². The van der Waals surface area contributed by atoms with E-state index in [9.17, 15) is 0 Å². The fraction of sp³-hybridized carbons (Fsp3) is 0.812. The lowest BCUT2D eigenvalue weighted by molar-refractivity contribution is 0.113. The molecule has 3 rings (SSSR count). The molecule has 1 aliphatic carbocycles. The lowest BCUT2D eigenvalue weighted by atomic mass is 9.87. The van der Waals surface area contributed by atoms with Crippen molar-refractivity contribution in [2.45, 2.75) is 57.7 Å². The van der Waals surface area contributed by atoms with Crippen LogP contribution < -0.4 is 5.32 Å². The summed E-state index contributed by atoms with van der Waals surface area (Å²) in [4.78, 5) is 6.94. The third kappa shape index (κ3) is 3.07. The van der Waals surface area contributed by atoms with Crippen molar-refractivity contribution in [3.05, 3.63) is 18.2 Å². The number of hydrogen-bond acceptors (Lipinski definition) is 3. The normalized spacial score (nSPS) is 27.9. The number of nitrogens with one attached hydrogen (secondary N) is 1. The molecule has 1 N–H and O–H groups in total. The lowest BCUT2D eigenvalue weighted by Gasteiger charge is -2.39. The van der Waals surface area contributed by atoms with E-state index in [-0.39, 0.29) is 0 Å². The average Bonchev–Trinajstić information content (AvgIpc) is 3.17. The van der Waals surface area contributed by atoms with Crippen LogP contribution in [0.15, 0.2) is 12.5 Å². The molecule has 4 heteroatoms.